The standard InChI is InChI=1S/C75H46O2S/c76-78(77)69-43-15-13-39-65(69)75(66-40-14-16-44-70(66)78)64-38-12-6-30-58(64)72-52(32-20-42-68(72)75)48-22-18-24-50(46-48)73(59-33-7-1-25-53(59)54-26-2-8-34-60(54)73)49-23-17-21-47(45-49)51-31-19-41-67-71(51)57-29-5-11-37-63(57)74(67)61-35-9-3-27-55(61)56-28-4-10-36-62(56)74/h1-46H. The van der Waals surface area contributed by atoms with Crippen LogP contribution in [-0.4, -0.2) is 8.42 Å². The van der Waals surface area contributed by atoms with Crippen LogP contribution in [-0.2, 0) is 26.1 Å². The lowest BCUT2D eigenvalue weighted by Gasteiger charge is -2.39. The van der Waals surface area contributed by atoms with E-state index in [-0.39, 0.29) is 0 Å². The van der Waals surface area contributed by atoms with Crippen LogP contribution in [0.1, 0.15) is 66.8 Å². The fraction of sp³-hybridized carbons (Fsp3) is 0.0400. The Morgan fingerprint density at radius 2 is 0.487 bits per heavy atom. The topological polar surface area (TPSA) is 34.1 Å². The number of sulfone groups is 1. The summed E-state index contributed by atoms with van der Waals surface area (Å²) in [5.41, 5.74) is 26.4. The highest BCUT2D eigenvalue weighted by atomic mass is 32.2. The van der Waals surface area contributed by atoms with Crippen molar-refractivity contribution in [2.24, 2.45) is 0 Å². The average molecular weight is 1010 g/mol. The van der Waals surface area contributed by atoms with Gasteiger partial charge in [-0.1, -0.05) is 255 Å². The van der Waals surface area contributed by atoms with Crippen LogP contribution in [0.25, 0.3) is 66.8 Å². The molecule has 4 aliphatic carbocycles. The predicted molar refractivity (Wildman–Crippen MR) is 314 cm³/mol. The van der Waals surface area contributed by atoms with Crippen molar-refractivity contribution in [1.82, 2.24) is 0 Å². The molecule has 78 heavy (non-hydrogen) atoms. The Morgan fingerprint density at radius 1 is 0.218 bits per heavy atom. The zero-order valence-electron chi connectivity index (χ0n) is 42.3. The number of fused-ring (bicyclic) bond motifs is 22. The lowest BCUT2D eigenvalue weighted by Crippen LogP contribution is -2.35. The number of hydrogen-bond donors (Lipinski definition) is 0. The van der Waals surface area contributed by atoms with Crippen molar-refractivity contribution in [2.45, 2.75) is 26.0 Å². The lowest BCUT2D eigenvalue weighted by atomic mass is 9.66. The number of rotatable bonds is 4. The van der Waals surface area contributed by atoms with Gasteiger partial charge in [-0.3, -0.25) is 0 Å². The quantitative estimate of drug-likeness (QED) is 0.176. The van der Waals surface area contributed by atoms with E-state index in [9.17, 15) is 8.42 Å². The fourth-order valence-electron chi connectivity index (χ4n) is 15.7. The first-order chi connectivity index (χ1) is 38.5. The highest BCUT2D eigenvalue weighted by Crippen LogP contribution is 2.66. The van der Waals surface area contributed by atoms with Crippen LogP contribution in [0.15, 0.2) is 289 Å². The first-order valence-electron chi connectivity index (χ1n) is 27.0. The second kappa shape index (κ2) is 15.6. The molecule has 5 aliphatic rings. The van der Waals surface area contributed by atoms with Gasteiger partial charge in [0.1, 0.15) is 0 Å². The fourth-order valence-corrected chi connectivity index (χ4v) is 17.5. The second-order valence-electron chi connectivity index (χ2n) is 21.6. The Hall–Kier alpha value is -9.41. The highest BCUT2D eigenvalue weighted by Gasteiger charge is 2.55. The largest absolute Gasteiger partial charge is 0.218 e. The molecule has 0 saturated heterocycles. The van der Waals surface area contributed by atoms with Crippen LogP contribution < -0.4 is 0 Å². The van der Waals surface area contributed by atoms with Gasteiger partial charge >= 0.3 is 0 Å². The van der Waals surface area contributed by atoms with Crippen LogP contribution in [0.3, 0.4) is 0 Å². The van der Waals surface area contributed by atoms with E-state index in [1.54, 1.807) is 12.1 Å². The summed E-state index contributed by atoms with van der Waals surface area (Å²) in [6.45, 7) is 0. The Morgan fingerprint density at radius 3 is 0.885 bits per heavy atom. The molecule has 364 valence electrons. The Kier molecular flexibility index (Phi) is 8.76. The Bertz CT molecular complexity index is 4580. The van der Waals surface area contributed by atoms with E-state index < -0.39 is 26.1 Å². The van der Waals surface area contributed by atoms with Gasteiger partial charge < -0.3 is 0 Å². The SMILES string of the molecule is O=S1(=O)c2ccccc2C2(c3ccccc3-c3c(-c4cccc(C5(c6cccc(-c7cccc8c7-c7ccccc7C87c8ccccc8-c8ccccc87)c6)c6ccccc6-c6ccccc65)c4)cccc32)c2ccccc21. The Labute approximate surface area is 454 Å². The number of benzene rings is 12. The Balaban J connectivity index is 0.899. The monoisotopic (exact) mass is 1010 g/mol. The van der Waals surface area contributed by atoms with Gasteiger partial charge in [-0.25, -0.2) is 8.42 Å². The van der Waals surface area contributed by atoms with Crippen molar-refractivity contribution < 1.29 is 8.42 Å². The summed E-state index contributed by atoms with van der Waals surface area (Å²) in [5.74, 6) is 0. The van der Waals surface area contributed by atoms with E-state index in [0.717, 1.165) is 44.5 Å². The molecule has 0 radical (unpaired) electrons. The molecule has 0 aromatic heterocycles. The molecule has 0 N–H and O–H groups in total. The van der Waals surface area contributed by atoms with Crippen LogP contribution in [0.4, 0.5) is 0 Å². The summed E-state index contributed by atoms with van der Waals surface area (Å²) in [6.07, 6.45) is 0. The van der Waals surface area contributed by atoms with Gasteiger partial charge in [0, 0.05) is 0 Å². The van der Waals surface area contributed by atoms with E-state index in [0.29, 0.717) is 9.79 Å². The maximum atomic E-state index is 14.6. The molecule has 0 atom stereocenters. The summed E-state index contributed by atoms with van der Waals surface area (Å²) in [5, 5.41) is 0. The van der Waals surface area contributed by atoms with E-state index in [1.807, 2.05) is 36.4 Å². The molecule has 17 rings (SSSR count). The van der Waals surface area contributed by atoms with Crippen molar-refractivity contribution in [1.29, 1.82) is 0 Å². The minimum Gasteiger partial charge on any atom is -0.218 e. The molecule has 1 heterocycles. The summed E-state index contributed by atoms with van der Waals surface area (Å²) in [6, 6.07) is 102. The van der Waals surface area contributed by atoms with Gasteiger partial charge in [-0.2, -0.15) is 0 Å². The first-order valence-corrected chi connectivity index (χ1v) is 28.5. The van der Waals surface area contributed by atoms with Crippen molar-refractivity contribution in [2.75, 3.05) is 0 Å². The highest BCUT2D eigenvalue weighted by molar-refractivity contribution is 7.91. The molecule has 0 unspecified atom stereocenters. The van der Waals surface area contributed by atoms with Gasteiger partial charge in [0.25, 0.3) is 0 Å². The molecule has 0 bridgehead atoms. The lowest BCUT2D eigenvalue weighted by molar-refractivity contribution is 0.580. The van der Waals surface area contributed by atoms with E-state index >= 15 is 0 Å². The molecule has 0 amide bonds. The van der Waals surface area contributed by atoms with Gasteiger partial charge in [0.2, 0.25) is 9.84 Å². The van der Waals surface area contributed by atoms with Crippen LogP contribution in [0.5, 0.6) is 0 Å². The van der Waals surface area contributed by atoms with Crippen LogP contribution >= 0.6 is 0 Å². The third-order valence-corrected chi connectivity index (χ3v) is 20.3. The predicted octanol–water partition coefficient (Wildman–Crippen LogP) is 17.2. The summed E-state index contributed by atoms with van der Waals surface area (Å²) in [4.78, 5) is 0.722. The summed E-state index contributed by atoms with van der Waals surface area (Å²) >= 11 is 0. The third-order valence-electron chi connectivity index (χ3n) is 18.4. The minimum absolute atomic E-state index is 0.361. The van der Waals surface area contributed by atoms with Gasteiger partial charge in [-0.05, 0) is 158 Å². The van der Waals surface area contributed by atoms with Crippen LogP contribution in [0, 0.1) is 0 Å². The zero-order chi connectivity index (χ0) is 51.5. The molecule has 1 aliphatic heterocycles. The molecular formula is C75H46O2S. The van der Waals surface area contributed by atoms with E-state index in [2.05, 4.69) is 231 Å². The molecule has 0 fully saturated rings. The van der Waals surface area contributed by atoms with Crippen LogP contribution in [0.2, 0.25) is 0 Å². The molecule has 12 aromatic rings. The molecule has 3 heteroatoms. The van der Waals surface area contributed by atoms with Crippen molar-refractivity contribution >= 4 is 9.84 Å². The van der Waals surface area contributed by atoms with E-state index in [4.69, 9.17) is 0 Å². The smallest absolute Gasteiger partial charge is 0.207 e. The molecule has 12 aromatic carbocycles. The molecule has 2 nitrogen and oxygen atoms in total. The zero-order valence-corrected chi connectivity index (χ0v) is 43.1. The van der Waals surface area contributed by atoms with Crippen molar-refractivity contribution in [3.63, 3.8) is 0 Å². The van der Waals surface area contributed by atoms with Crippen molar-refractivity contribution in [3.8, 4) is 66.8 Å². The average Bonchev–Trinajstić information content (AvgIpc) is 4.36. The molecular weight excluding hydrogens is 965 g/mol. The molecule has 2 spiro atoms. The summed E-state index contributed by atoms with van der Waals surface area (Å²) in [7, 11) is -3.79. The normalized spacial score (nSPS) is 15.7. The maximum absolute atomic E-state index is 14.6. The summed E-state index contributed by atoms with van der Waals surface area (Å²) < 4.78 is 29.1. The maximum Gasteiger partial charge on any atom is 0.207 e. The molecule has 0 saturated carbocycles. The van der Waals surface area contributed by atoms with Crippen molar-refractivity contribution in [3.05, 3.63) is 346 Å². The van der Waals surface area contributed by atoms with Gasteiger partial charge in [-0.15, -0.1) is 0 Å². The van der Waals surface area contributed by atoms with Gasteiger partial charge in [0.05, 0.1) is 26.0 Å². The number of hydrogen-bond acceptors (Lipinski definition) is 2. The second-order valence-corrected chi connectivity index (χ2v) is 23.5. The third kappa shape index (κ3) is 5.21. The van der Waals surface area contributed by atoms with E-state index in [1.165, 1.54) is 89.0 Å². The van der Waals surface area contributed by atoms with Gasteiger partial charge in [0.15, 0.2) is 0 Å². The minimum atomic E-state index is -3.79. The first kappa shape index (κ1) is 43.8.